The fraction of sp³-hybridized carbons (Fsp3) is 0.480. The number of benzene rings is 1. The van der Waals surface area contributed by atoms with E-state index in [9.17, 15) is 4.79 Å². The van der Waals surface area contributed by atoms with Gasteiger partial charge in [-0.25, -0.2) is 0 Å². The maximum atomic E-state index is 12.6. The van der Waals surface area contributed by atoms with Gasteiger partial charge in [0.25, 0.3) is 0 Å². The lowest BCUT2D eigenvalue weighted by Gasteiger charge is -2.34. The first kappa shape index (κ1) is 22.3. The summed E-state index contributed by atoms with van der Waals surface area (Å²) in [7, 11) is 4.86. The third kappa shape index (κ3) is 4.78. The lowest BCUT2D eigenvalue weighted by atomic mass is 10.1. The van der Waals surface area contributed by atoms with Gasteiger partial charge in [-0.15, -0.1) is 0 Å². The van der Waals surface area contributed by atoms with E-state index in [1.807, 2.05) is 29.2 Å². The molecule has 2 aromatic rings. The molecule has 2 heterocycles. The summed E-state index contributed by atoms with van der Waals surface area (Å²) >= 11 is 0. The van der Waals surface area contributed by atoms with Crippen LogP contribution in [0, 0.1) is 5.92 Å². The number of furan rings is 1. The maximum Gasteiger partial charge on any atom is 0.246 e. The Hall–Kier alpha value is -2.93. The van der Waals surface area contributed by atoms with Crippen LogP contribution in [0.3, 0.4) is 0 Å². The van der Waals surface area contributed by atoms with E-state index in [0.29, 0.717) is 42.2 Å². The molecule has 1 saturated heterocycles. The highest BCUT2D eigenvalue weighted by Crippen LogP contribution is 2.47. The average Bonchev–Trinajstić information content (AvgIpc) is 3.36. The van der Waals surface area contributed by atoms with E-state index in [4.69, 9.17) is 18.6 Å². The average molecular weight is 441 g/mol. The number of amides is 1. The van der Waals surface area contributed by atoms with E-state index < -0.39 is 0 Å². The number of methoxy groups -OCH3 is 3. The van der Waals surface area contributed by atoms with Crippen molar-refractivity contribution in [1.29, 1.82) is 0 Å². The minimum atomic E-state index is 0.0195. The molecule has 2 fully saturated rings. The van der Waals surface area contributed by atoms with Crippen LogP contribution in [-0.4, -0.2) is 63.2 Å². The highest BCUT2D eigenvalue weighted by molar-refractivity contribution is 5.91. The fourth-order valence-electron chi connectivity index (χ4n) is 4.29. The van der Waals surface area contributed by atoms with Crippen molar-refractivity contribution in [2.24, 2.45) is 5.92 Å². The summed E-state index contributed by atoms with van der Waals surface area (Å²) < 4.78 is 22.3. The minimum absolute atomic E-state index is 0.0195. The smallest absolute Gasteiger partial charge is 0.246 e. The van der Waals surface area contributed by atoms with Crippen LogP contribution in [-0.2, 0) is 11.3 Å². The SMILES string of the molecule is COc1ccc(CN2CCN(C(=O)/C=C/c3ccc(C4CC4C)o3)CC2)c(OC)c1OC. The van der Waals surface area contributed by atoms with Crippen molar-refractivity contribution in [2.45, 2.75) is 25.8 Å². The molecule has 7 heteroatoms. The summed E-state index contributed by atoms with van der Waals surface area (Å²) in [5.41, 5.74) is 1.03. The number of ether oxygens (including phenoxy) is 3. The van der Waals surface area contributed by atoms with Gasteiger partial charge in [-0.3, -0.25) is 9.69 Å². The topological polar surface area (TPSA) is 64.4 Å². The molecule has 0 radical (unpaired) electrons. The number of carbonyl (C=O) groups excluding carboxylic acids is 1. The second-order valence-corrected chi connectivity index (χ2v) is 8.49. The number of carbonyl (C=O) groups is 1. The van der Waals surface area contributed by atoms with Crippen LogP contribution in [0.5, 0.6) is 17.2 Å². The fourth-order valence-corrected chi connectivity index (χ4v) is 4.29. The Labute approximate surface area is 189 Å². The van der Waals surface area contributed by atoms with Crippen molar-refractivity contribution in [3.05, 3.63) is 47.4 Å². The van der Waals surface area contributed by atoms with Crippen molar-refractivity contribution in [3.8, 4) is 17.2 Å². The van der Waals surface area contributed by atoms with Gasteiger partial charge < -0.3 is 23.5 Å². The molecule has 7 nitrogen and oxygen atoms in total. The van der Waals surface area contributed by atoms with Crippen molar-refractivity contribution < 1.29 is 23.4 Å². The zero-order valence-electron chi connectivity index (χ0n) is 19.3. The Morgan fingerprint density at radius 2 is 1.75 bits per heavy atom. The predicted molar refractivity (Wildman–Crippen MR) is 122 cm³/mol. The lowest BCUT2D eigenvalue weighted by Crippen LogP contribution is -2.47. The molecule has 1 saturated carbocycles. The van der Waals surface area contributed by atoms with Crippen LogP contribution in [0.25, 0.3) is 6.08 Å². The first-order chi connectivity index (χ1) is 15.5. The third-order valence-electron chi connectivity index (χ3n) is 6.38. The molecule has 2 aliphatic rings. The maximum absolute atomic E-state index is 12.6. The molecule has 1 aromatic carbocycles. The highest BCUT2D eigenvalue weighted by atomic mass is 16.5. The molecule has 2 unspecified atom stereocenters. The van der Waals surface area contributed by atoms with E-state index in [2.05, 4.69) is 11.8 Å². The Morgan fingerprint density at radius 3 is 2.38 bits per heavy atom. The standard InChI is InChI=1S/C25H32N2O5/c1-17-15-20(17)21-9-6-19(32-21)7-10-23(28)27-13-11-26(12-14-27)16-18-5-8-22(29-2)25(31-4)24(18)30-3/h5-10,17,20H,11-16H2,1-4H3/b10-7+. The zero-order chi connectivity index (χ0) is 22.7. The van der Waals surface area contributed by atoms with Crippen LogP contribution < -0.4 is 14.2 Å². The molecule has 2 atom stereocenters. The summed E-state index contributed by atoms with van der Waals surface area (Å²) in [6.45, 7) is 5.90. The molecule has 32 heavy (non-hydrogen) atoms. The Bertz CT molecular complexity index is 975. The van der Waals surface area contributed by atoms with Gasteiger partial charge in [0.05, 0.1) is 21.3 Å². The normalized spacial score (nSPS) is 21.1. The molecule has 4 rings (SSSR count). The molecule has 1 aromatic heterocycles. The zero-order valence-corrected chi connectivity index (χ0v) is 19.3. The molecule has 172 valence electrons. The van der Waals surface area contributed by atoms with E-state index in [1.165, 1.54) is 6.42 Å². The third-order valence-corrected chi connectivity index (χ3v) is 6.38. The summed E-state index contributed by atoms with van der Waals surface area (Å²) in [6.07, 6.45) is 4.58. The van der Waals surface area contributed by atoms with Crippen LogP contribution in [0.15, 0.2) is 34.8 Å². The van der Waals surface area contributed by atoms with E-state index in [-0.39, 0.29) is 5.91 Å². The first-order valence-electron chi connectivity index (χ1n) is 11.1. The van der Waals surface area contributed by atoms with Gasteiger partial charge in [0, 0.05) is 50.3 Å². The van der Waals surface area contributed by atoms with Crippen molar-refractivity contribution >= 4 is 12.0 Å². The van der Waals surface area contributed by atoms with Crippen LogP contribution in [0.1, 0.15) is 36.3 Å². The molecule has 1 amide bonds. The minimum Gasteiger partial charge on any atom is -0.493 e. The van der Waals surface area contributed by atoms with Crippen LogP contribution in [0.4, 0.5) is 0 Å². The van der Waals surface area contributed by atoms with Gasteiger partial charge in [-0.2, -0.15) is 0 Å². The Balaban J connectivity index is 1.31. The molecular weight excluding hydrogens is 408 g/mol. The first-order valence-corrected chi connectivity index (χ1v) is 11.1. The Kier molecular flexibility index (Phi) is 6.74. The molecule has 0 bridgehead atoms. The monoisotopic (exact) mass is 440 g/mol. The summed E-state index contributed by atoms with van der Waals surface area (Å²) in [5, 5.41) is 0. The van der Waals surface area contributed by atoms with E-state index in [0.717, 1.165) is 36.7 Å². The van der Waals surface area contributed by atoms with Gasteiger partial charge in [0.2, 0.25) is 11.7 Å². The van der Waals surface area contributed by atoms with E-state index in [1.54, 1.807) is 33.5 Å². The van der Waals surface area contributed by atoms with Gasteiger partial charge in [-0.1, -0.05) is 13.0 Å². The molecule has 1 aliphatic carbocycles. The molecule has 1 aliphatic heterocycles. The van der Waals surface area contributed by atoms with Crippen LogP contribution in [0.2, 0.25) is 0 Å². The van der Waals surface area contributed by atoms with Crippen molar-refractivity contribution in [3.63, 3.8) is 0 Å². The van der Waals surface area contributed by atoms with Gasteiger partial charge in [0.15, 0.2) is 11.5 Å². The Morgan fingerprint density at radius 1 is 1.03 bits per heavy atom. The molecule has 0 spiro atoms. The van der Waals surface area contributed by atoms with E-state index >= 15 is 0 Å². The van der Waals surface area contributed by atoms with Crippen LogP contribution >= 0.6 is 0 Å². The number of nitrogens with zero attached hydrogens (tertiary/aromatic N) is 2. The second kappa shape index (κ2) is 9.69. The van der Waals surface area contributed by atoms with Gasteiger partial charge in [-0.05, 0) is 36.6 Å². The lowest BCUT2D eigenvalue weighted by molar-refractivity contribution is -0.127. The number of hydrogen-bond donors (Lipinski definition) is 0. The van der Waals surface area contributed by atoms with Crippen molar-refractivity contribution in [1.82, 2.24) is 9.80 Å². The number of hydrogen-bond acceptors (Lipinski definition) is 6. The summed E-state index contributed by atoms with van der Waals surface area (Å²) in [4.78, 5) is 16.8. The van der Waals surface area contributed by atoms with Crippen molar-refractivity contribution in [2.75, 3.05) is 47.5 Å². The quantitative estimate of drug-likeness (QED) is 0.582. The van der Waals surface area contributed by atoms with Gasteiger partial charge in [0.1, 0.15) is 11.5 Å². The number of piperazine rings is 1. The predicted octanol–water partition coefficient (Wildman–Crippen LogP) is 3.79. The second-order valence-electron chi connectivity index (χ2n) is 8.49. The molecule has 0 N–H and O–H groups in total. The highest BCUT2D eigenvalue weighted by Gasteiger charge is 2.36. The largest absolute Gasteiger partial charge is 0.493 e. The summed E-state index contributed by atoms with van der Waals surface area (Å²) in [5.74, 6) is 4.97. The molecular formula is C25H32N2O5. The number of rotatable bonds is 8. The van der Waals surface area contributed by atoms with Gasteiger partial charge >= 0.3 is 0 Å². The summed E-state index contributed by atoms with van der Waals surface area (Å²) in [6, 6.07) is 7.86.